The molecule has 0 bridgehead atoms. The van der Waals surface area contributed by atoms with E-state index in [0.29, 0.717) is 13.1 Å². The van der Waals surface area contributed by atoms with Crippen LogP contribution in [0.1, 0.15) is 22.3 Å². The molecule has 0 aromatic heterocycles. The molecule has 0 radical (unpaired) electrons. The summed E-state index contributed by atoms with van der Waals surface area (Å²) >= 11 is 0. The molecule has 0 atom stereocenters. The van der Waals surface area contributed by atoms with E-state index in [-0.39, 0.29) is 23.7 Å². The Hall–Kier alpha value is -3.01. The molecule has 1 amide bonds. The summed E-state index contributed by atoms with van der Waals surface area (Å²) in [6, 6.07) is 12.5. The van der Waals surface area contributed by atoms with Gasteiger partial charge >= 0.3 is 6.18 Å². The number of halogens is 3. The lowest BCUT2D eigenvalue weighted by atomic mass is 10.00. The van der Waals surface area contributed by atoms with Crippen molar-refractivity contribution in [2.75, 3.05) is 18.4 Å². The van der Waals surface area contributed by atoms with Crippen LogP contribution in [0.15, 0.2) is 42.5 Å². The van der Waals surface area contributed by atoms with Gasteiger partial charge in [0.1, 0.15) is 6.07 Å². The average Bonchev–Trinajstić information content (AvgIpc) is 2.64. The van der Waals surface area contributed by atoms with E-state index >= 15 is 0 Å². The molecule has 1 heterocycles. The number of rotatable bonds is 3. The van der Waals surface area contributed by atoms with Crippen LogP contribution in [0.5, 0.6) is 0 Å². The molecule has 3 rings (SSSR count). The second-order valence-corrected chi connectivity index (χ2v) is 6.06. The summed E-state index contributed by atoms with van der Waals surface area (Å²) in [5, 5.41) is 11.9. The monoisotopic (exact) mass is 359 g/mol. The molecule has 1 N–H and O–H groups in total. The zero-order valence-corrected chi connectivity index (χ0v) is 13.8. The number of benzene rings is 2. The highest BCUT2D eigenvalue weighted by Gasteiger charge is 2.31. The topological polar surface area (TPSA) is 56.1 Å². The number of carbonyl (C=O) groups is 1. The third-order valence-corrected chi connectivity index (χ3v) is 4.38. The van der Waals surface area contributed by atoms with Gasteiger partial charge in [-0.05, 0) is 35.7 Å². The highest BCUT2D eigenvalue weighted by molar-refractivity contribution is 5.81. The SMILES string of the molecule is N#Cc1cc(C(F)(F)F)ccc1NCC(=O)N1CCc2ccccc2C1. The van der Waals surface area contributed by atoms with Gasteiger partial charge in [0.25, 0.3) is 0 Å². The Morgan fingerprint density at radius 3 is 2.62 bits per heavy atom. The van der Waals surface area contributed by atoms with Gasteiger partial charge in [-0.3, -0.25) is 4.79 Å². The fourth-order valence-corrected chi connectivity index (χ4v) is 2.96. The number of hydrogen-bond donors (Lipinski definition) is 1. The summed E-state index contributed by atoms with van der Waals surface area (Å²) in [5.74, 6) is -0.164. The number of hydrogen-bond acceptors (Lipinski definition) is 3. The Morgan fingerprint density at radius 1 is 1.19 bits per heavy atom. The lowest BCUT2D eigenvalue weighted by Crippen LogP contribution is -2.39. The molecule has 4 nitrogen and oxygen atoms in total. The third kappa shape index (κ3) is 3.80. The molecule has 1 aliphatic heterocycles. The Bertz CT molecular complexity index is 871. The first-order chi connectivity index (χ1) is 12.4. The van der Waals surface area contributed by atoms with Crippen molar-refractivity contribution in [3.8, 4) is 6.07 Å². The lowest BCUT2D eigenvalue weighted by Gasteiger charge is -2.29. The Balaban J connectivity index is 1.66. The fraction of sp³-hybridized carbons (Fsp3) is 0.263. The standard InChI is InChI=1S/C19H16F3N3O/c20-19(21,22)16-5-6-17(15(9-16)10-23)24-11-18(26)25-8-7-13-3-1-2-4-14(13)12-25/h1-6,9,24H,7-8,11-12H2. The summed E-state index contributed by atoms with van der Waals surface area (Å²) < 4.78 is 38.2. The molecule has 2 aromatic rings. The van der Waals surface area contributed by atoms with Crippen LogP contribution >= 0.6 is 0 Å². The van der Waals surface area contributed by atoms with E-state index in [1.807, 2.05) is 24.3 Å². The second-order valence-electron chi connectivity index (χ2n) is 6.06. The van der Waals surface area contributed by atoms with Gasteiger partial charge in [-0.2, -0.15) is 18.4 Å². The third-order valence-electron chi connectivity index (χ3n) is 4.38. The van der Waals surface area contributed by atoms with Crippen LogP contribution in [-0.4, -0.2) is 23.9 Å². The number of fused-ring (bicyclic) bond motifs is 1. The number of nitriles is 1. The lowest BCUT2D eigenvalue weighted by molar-refractivity contribution is -0.137. The van der Waals surface area contributed by atoms with Crippen molar-refractivity contribution >= 4 is 11.6 Å². The van der Waals surface area contributed by atoms with Crippen LogP contribution in [0.4, 0.5) is 18.9 Å². The van der Waals surface area contributed by atoms with Gasteiger partial charge in [0.2, 0.25) is 5.91 Å². The minimum Gasteiger partial charge on any atom is -0.375 e. The molecular formula is C19H16F3N3O. The quantitative estimate of drug-likeness (QED) is 0.911. The largest absolute Gasteiger partial charge is 0.416 e. The predicted octanol–water partition coefficient (Wildman–Crippen LogP) is 3.57. The van der Waals surface area contributed by atoms with Gasteiger partial charge in [0, 0.05) is 13.1 Å². The Labute approximate surface area is 148 Å². The molecule has 0 spiro atoms. The number of carbonyl (C=O) groups excluding carboxylic acids is 1. The predicted molar refractivity (Wildman–Crippen MR) is 90.2 cm³/mol. The minimum atomic E-state index is -4.51. The van der Waals surface area contributed by atoms with Crippen molar-refractivity contribution in [2.45, 2.75) is 19.1 Å². The van der Waals surface area contributed by atoms with Gasteiger partial charge in [-0.1, -0.05) is 24.3 Å². The van der Waals surface area contributed by atoms with Crippen LogP contribution in [0.3, 0.4) is 0 Å². The van der Waals surface area contributed by atoms with E-state index in [1.54, 1.807) is 11.0 Å². The van der Waals surface area contributed by atoms with Crippen LogP contribution in [0, 0.1) is 11.3 Å². The zero-order chi connectivity index (χ0) is 18.7. The summed E-state index contributed by atoms with van der Waals surface area (Å²) in [5.41, 5.74) is 1.50. The van der Waals surface area contributed by atoms with E-state index in [0.717, 1.165) is 24.1 Å². The Morgan fingerprint density at radius 2 is 1.92 bits per heavy atom. The first kappa shape index (κ1) is 17.8. The van der Waals surface area contributed by atoms with Crippen LogP contribution in [-0.2, 0) is 23.9 Å². The molecule has 134 valence electrons. The van der Waals surface area contributed by atoms with Gasteiger partial charge in [-0.25, -0.2) is 0 Å². The van der Waals surface area contributed by atoms with Crippen LogP contribution in [0.2, 0.25) is 0 Å². The summed E-state index contributed by atoms with van der Waals surface area (Å²) in [4.78, 5) is 14.1. The average molecular weight is 359 g/mol. The van der Waals surface area contributed by atoms with Crippen molar-refractivity contribution in [3.63, 3.8) is 0 Å². The molecular weight excluding hydrogens is 343 g/mol. The highest BCUT2D eigenvalue weighted by Crippen LogP contribution is 2.31. The van der Waals surface area contributed by atoms with E-state index in [9.17, 15) is 18.0 Å². The maximum atomic E-state index is 12.7. The molecule has 7 heteroatoms. The number of nitrogens with one attached hydrogen (secondary N) is 1. The Kier molecular flexibility index (Phi) is 4.85. The van der Waals surface area contributed by atoms with E-state index in [1.165, 1.54) is 11.6 Å². The smallest absolute Gasteiger partial charge is 0.375 e. The molecule has 0 saturated heterocycles. The van der Waals surface area contributed by atoms with E-state index < -0.39 is 11.7 Å². The van der Waals surface area contributed by atoms with Crippen molar-refractivity contribution < 1.29 is 18.0 Å². The molecule has 0 aliphatic carbocycles. The molecule has 0 unspecified atom stereocenters. The highest BCUT2D eigenvalue weighted by atomic mass is 19.4. The van der Waals surface area contributed by atoms with Gasteiger partial charge < -0.3 is 10.2 Å². The first-order valence-corrected chi connectivity index (χ1v) is 8.08. The summed E-state index contributed by atoms with van der Waals surface area (Å²) in [7, 11) is 0. The normalized spacial score (nSPS) is 13.7. The molecule has 1 aliphatic rings. The van der Waals surface area contributed by atoms with Crippen LogP contribution in [0.25, 0.3) is 0 Å². The first-order valence-electron chi connectivity index (χ1n) is 8.08. The number of nitrogens with zero attached hydrogens (tertiary/aromatic N) is 2. The maximum Gasteiger partial charge on any atom is 0.416 e. The van der Waals surface area contributed by atoms with Crippen molar-refractivity contribution in [1.82, 2.24) is 4.90 Å². The van der Waals surface area contributed by atoms with Crippen molar-refractivity contribution in [2.24, 2.45) is 0 Å². The summed E-state index contributed by atoms with van der Waals surface area (Å²) in [6.45, 7) is 1.02. The van der Waals surface area contributed by atoms with Crippen LogP contribution < -0.4 is 5.32 Å². The molecule has 26 heavy (non-hydrogen) atoms. The second kappa shape index (κ2) is 7.08. The fourth-order valence-electron chi connectivity index (χ4n) is 2.96. The minimum absolute atomic E-state index is 0.0811. The van der Waals surface area contributed by atoms with Gasteiger partial charge in [0.15, 0.2) is 0 Å². The van der Waals surface area contributed by atoms with E-state index in [4.69, 9.17) is 5.26 Å². The maximum absolute atomic E-state index is 12.7. The molecule has 2 aromatic carbocycles. The van der Waals surface area contributed by atoms with Crippen molar-refractivity contribution in [3.05, 3.63) is 64.7 Å². The number of amides is 1. The number of alkyl halides is 3. The van der Waals surface area contributed by atoms with Gasteiger partial charge in [-0.15, -0.1) is 0 Å². The number of anilines is 1. The van der Waals surface area contributed by atoms with Gasteiger partial charge in [0.05, 0.1) is 23.4 Å². The summed E-state index contributed by atoms with van der Waals surface area (Å²) in [6.07, 6.45) is -3.74. The zero-order valence-electron chi connectivity index (χ0n) is 13.8. The van der Waals surface area contributed by atoms with E-state index in [2.05, 4.69) is 5.32 Å². The molecule has 0 saturated carbocycles. The molecule has 0 fully saturated rings. The van der Waals surface area contributed by atoms with Crippen molar-refractivity contribution in [1.29, 1.82) is 5.26 Å².